The Labute approximate surface area is 246 Å². The highest BCUT2D eigenvalue weighted by molar-refractivity contribution is 5.83. The number of carboxylic acid groups (broad SMARTS) is 1. The van der Waals surface area contributed by atoms with Gasteiger partial charge in [0.15, 0.2) is 0 Å². The molecule has 3 aromatic rings. The highest BCUT2D eigenvalue weighted by Gasteiger charge is 2.47. The maximum atomic E-state index is 13.2. The van der Waals surface area contributed by atoms with E-state index in [9.17, 15) is 19.5 Å². The summed E-state index contributed by atoms with van der Waals surface area (Å²) < 4.78 is 5.63. The largest absolute Gasteiger partial charge is 0.481 e. The van der Waals surface area contributed by atoms with Gasteiger partial charge in [-0.3, -0.25) is 14.5 Å². The molecule has 1 aliphatic heterocycles. The summed E-state index contributed by atoms with van der Waals surface area (Å²) in [6.45, 7) is 2.85. The minimum absolute atomic E-state index is 0.00728. The number of aliphatic carboxylic acids is 1. The molecule has 3 aliphatic rings. The van der Waals surface area contributed by atoms with Crippen molar-refractivity contribution >= 4 is 18.0 Å². The third-order valence-corrected chi connectivity index (χ3v) is 9.05. The van der Waals surface area contributed by atoms with E-state index < -0.39 is 17.6 Å². The summed E-state index contributed by atoms with van der Waals surface area (Å²) >= 11 is 0. The second-order valence-electron chi connectivity index (χ2n) is 11.9. The van der Waals surface area contributed by atoms with E-state index >= 15 is 0 Å². The number of amides is 2. The van der Waals surface area contributed by atoms with Crippen molar-refractivity contribution in [1.29, 1.82) is 0 Å². The maximum absolute atomic E-state index is 13.2. The summed E-state index contributed by atoms with van der Waals surface area (Å²) in [5.41, 5.74) is 5.15. The average Bonchev–Trinajstić information content (AvgIpc) is 3.71. The Bertz CT molecular complexity index is 1400. The van der Waals surface area contributed by atoms with Crippen LogP contribution in [0.15, 0.2) is 78.9 Å². The van der Waals surface area contributed by atoms with E-state index in [1.807, 2.05) is 42.5 Å². The molecular weight excluding hydrogens is 530 g/mol. The highest BCUT2D eigenvalue weighted by Crippen LogP contribution is 2.44. The quantitative estimate of drug-likeness (QED) is 0.325. The van der Waals surface area contributed by atoms with Crippen LogP contribution in [-0.4, -0.2) is 59.8 Å². The molecule has 3 N–H and O–H groups in total. The fourth-order valence-electron chi connectivity index (χ4n) is 6.63. The molecule has 218 valence electrons. The van der Waals surface area contributed by atoms with Crippen molar-refractivity contribution in [2.24, 2.45) is 11.8 Å². The first-order chi connectivity index (χ1) is 20.4. The first-order valence-corrected chi connectivity index (χ1v) is 14.8. The van der Waals surface area contributed by atoms with Gasteiger partial charge in [0, 0.05) is 38.0 Å². The monoisotopic (exact) mass is 567 g/mol. The van der Waals surface area contributed by atoms with Crippen LogP contribution >= 0.6 is 0 Å². The van der Waals surface area contributed by atoms with Gasteiger partial charge in [-0.05, 0) is 53.0 Å². The molecule has 2 unspecified atom stereocenters. The third kappa shape index (κ3) is 6.19. The molecule has 2 amide bonds. The zero-order valence-electron chi connectivity index (χ0n) is 23.6. The van der Waals surface area contributed by atoms with Gasteiger partial charge in [-0.1, -0.05) is 78.9 Å². The van der Waals surface area contributed by atoms with E-state index in [0.29, 0.717) is 25.8 Å². The molecule has 3 aromatic carbocycles. The predicted molar refractivity (Wildman–Crippen MR) is 159 cm³/mol. The summed E-state index contributed by atoms with van der Waals surface area (Å²) in [5.74, 6) is -1.24. The van der Waals surface area contributed by atoms with Gasteiger partial charge >= 0.3 is 12.1 Å². The average molecular weight is 568 g/mol. The Hall–Kier alpha value is -4.17. The Kier molecular flexibility index (Phi) is 7.98. The SMILES string of the molecule is O=C(O)CC1(NC(=O)C2CC2CNC(=O)OCC2c3ccccc3-c3ccccc32)CCN(Cc2ccccc2)CC1. The van der Waals surface area contributed by atoms with Gasteiger partial charge in [0.2, 0.25) is 5.91 Å². The number of ether oxygens (including phenoxy) is 1. The number of likely N-dealkylation sites (tertiary alicyclic amines) is 1. The van der Waals surface area contributed by atoms with Crippen LogP contribution in [0.5, 0.6) is 0 Å². The van der Waals surface area contributed by atoms with Crippen LogP contribution in [-0.2, 0) is 20.9 Å². The van der Waals surface area contributed by atoms with Crippen LogP contribution in [0.4, 0.5) is 4.79 Å². The Morgan fingerprint density at radius 2 is 1.50 bits per heavy atom. The molecule has 1 saturated heterocycles. The molecule has 1 saturated carbocycles. The lowest BCUT2D eigenvalue weighted by atomic mass is 9.83. The first kappa shape index (κ1) is 28.0. The van der Waals surface area contributed by atoms with Gasteiger partial charge in [-0.2, -0.15) is 0 Å². The number of carbonyl (C=O) groups excluding carboxylic acids is 2. The molecule has 2 atom stereocenters. The summed E-state index contributed by atoms with van der Waals surface area (Å²) in [7, 11) is 0. The van der Waals surface area contributed by atoms with Crippen LogP contribution in [0, 0.1) is 11.8 Å². The van der Waals surface area contributed by atoms with Crippen molar-refractivity contribution in [3.8, 4) is 11.1 Å². The van der Waals surface area contributed by atoms with Crippen LogP contribution < -0.4 is 10.6 Å². The summed E-state index contributed by atoms with van der Waals surface area (Å²) in [6.07, 6.45) is 1.27. The third-order valence-electron chi connectivity index (χ3n) is 9.05. The fraction of sp³-hybridized carbons (Fsp3) is 0.382. The normalized spacial score (nSPS) is 20.7. The maximum Gasteiger partial charge on any atom is 0.407 e. The van der Waals surface area contributed by atoms with Crippen molar-refractivity contribution in [1.82, 2.24) is 15.5 Å². The van der Waals surface area contributed by atoms with E-state index in [2.05, 4.69) is 51.9 Å². The number of nitrogens with zero attached hydrogens (tertiary/aromatic N) is 1. The Morgan fingerprint density at radius 3 is 2.14 bits per heavy atom. The Morgan fingerprint density at radius 1 is 0.881 bits per heavy atom. The summed E-state index contributed by atoms with van der Waals surface area (Å²) in [6, 6.07) is 26.6. The number of benzene rings is 3. The minimum Gasteiger partial charge on any atom is -0.481 e. The molecule has 8 heteroatoms. The van der Waals surface area contributed by atoms with Crippen molar-refractivity contribution in [2.45, 2.75) is 43.7 Å². The number of hydrogen-bond acceptors (Lipinski definition) is 5. The van der Waals surface area contributed by atoms with Crippen molar-refractivity contribution in [3.05, 3.63) is 95.6 Å². The second kappa shape index (κ2) is 12.0. The Balaban J connectivity index is 0.970. The number of carbonyl (C=O) groups is 3. The number of fused-ring (bicyclic) bond motifs is 3. The zero-order valence-corrected chi connectivity index (χ0v) is 23.6. The van der Waals surface area contributed by atoms with Gasteiger partial charge < -0.3 is 20.5 Å². The standard InChI is InChI=1S/C34H37N3O5/c38-31(39)19-34(14-16-37(17-15-34)21-23-8-2-1-3-9-23)36-32(40)29-18-24(29)20-35-33(41)42-22-30-27-12-6-4-10-25(27)26-11-5-7-13-28(26)30/h1-13,24,29-30H,14-22H2,(H,35,41)(H,36,40)(H,38,39). The molecule has 42 heavy (non-hydrogen) atoms. The van der Waals surface area contributed by atoms with Crippen molar-refractivity contribution in [3.63, 3.8) is 0 Å². The molecule has 0 aromatic heterocycles. The summed E-state index contributed by atoms with van der Waals surface area (Å²) in [5, 5.41) is 15.6. The van der Waals surface area contributed by atoms with Gasteiger partial charge in [-0.15, -0.1) is 0 Å². The molecule has 1 heterocycles. The first-order valence-electron chi connectivity index (χ1n) is 14.8. The van der Waals surface area contributed by atoms with Crippen LogP contribution in [0.3, 0.4) is 0 Å². The minimum atomic E-state index is -0.906. The van der Waals surface area contributed by atoms with Gasteiger partial charge in [0.1, 0.15) is 6.61 Å². The number of rotatable bonds is 10. The molecule has 2 fully saturated rings. The molecule has 0 bridgehead atoms. The highest BCUT2D eigenvalue weighted by atomic mass is 16.5. The van der Waals surface area contributed by atoms with Crippen LogP contribution in [0.1, 0.15) is 48.3 Å². The van der Waals surface area contributed by atoms with Gasteiger partial charge in [0.05, 0.1) is 12.0 Å². The van der Waals surface area contributed by atoms with E-state index in [-0.39, 0.29) is 36.7 Å². The lowest BCUT2D eigenvalue weighted by Crippen LogP contribution is -2.56. The zero-order chi connectivity index (χ0) is 29.1. The molecular formula is C34H37N3O5. The molecule has 0 radical (unpaired) electrons. The number of piperidine rings is 1. The molecule has 0 spiro atoms. The topological polar surface area (TPSA) is 108 Å². The predicted octanol–water partition coefficient (Wildman–Crippen LogP) is 4.79. The van der Waals surface area contributed by atoms with E-state index in [1.165, 1.54) is 16.7 Å². The number of carboxylic acids is 1. The number of hydrogen-bond donors (Lipinski definition) is 3. The number of nitrogens with one attached hydrogen (secondary N) is 2. The van der Waals surface area contributed by atoms with Gasteiger partial charge in [0.25, 0.3) is 0 Å². The summed E-state index contributed by atoms with van der Waals surface area (Å²) in [4.78, 5) is 39.8. The van der Waals surface area contributed by atoms with E-state index in [1.54, 1.807) is 0 Å². The van der Waals surface area contributed by atoms with E-state index in [0.717, 1.165) is 30.8 Å². The fourth-order valence-corrected chi connectivity index (χ4v) is 6.63. The lowest BCUT2D eigenvalue weighted by molar-refractivity contribution is -0.140. The smallest absolute Gasteiger partial charge is 0.407 e. The van der Waals surface area contributed by atoms with Crippen molar-refractivity contribution < 1.29 is 24.2 Å². The molecule has 6 rings (SSSR count). The number of alkyl carbamates (subject to hydrolysis) is 1. The lowest BCUT2D eigenvalue weighted by Gasteiger charge is -2.41. The van der Waals surface area contributed by atoms with E-state index in [4.69, 9.17) is 4.74 Å². The van der Waals surface area contributed by atoms with Crippen molar-refractivity contribution in [2.75, 3.05) is 26.2 Å². The van der Waals surface area contributed by atoms with Crippen LogP contribution in [0.2, 0.25) is 0 Å². The second-order valence-corrected chi connectivity index (χ2v) is 11.9. The molecule has 8 nitrogen and oxygen atoms in total. The molecule has 2 aliphatic carbocycles. The van der Waals surface area contributed by atoms with Crippen LogP contribution in [0.25, 0.3) is 11.1 Å². The van der Waals surface area contributed by atoms with Gasteiger partial charge in [-0.25, -0.2) is 4.79 Å².